The highest BCUT2D eigenvalue weighted by Gasteiger charge is 2.18. The first-order chi connectivity index (χ1) is 23.5. The molecule has 8 aromatic carbocycles. The molecule has 0 fully saturated rings. The number of benzene rings is 8. The maximum absolute atomic E-state index is 9.21. The van der Waals surface area contributed by atoms with Crippen LogP contribution in [0.25, 0.3) is 76.5 Å². The summed E-state index contributed by atoms with van der Waals surface area (Å²) in [6, 6.07) is 30.0. The third kappa shape index (κ3) is 3.54. The molecule has 40 heavy (non-hydrogen) atoms. The lowest BCUT2D eigenvalue weighted by molar-refractivity contribution is 1.65. The average molecular weight is 516 g/mol. The molecule has 0 aliphatic heterocycles. The molecule has 0 aliphatic rings. The Labute approximate surface area is 246 Å². The van der Waals surface area contributed by atoms with E-state index in [1.165, 1.54) is 24.3 Å². The zero-order valence-electron chi connectivity index (χ0n) is 30.3. The van der Waals surface area contributed by atoms with Crippen molar-refractivity contribution in [3.8, 4) is 33.4 Å². The van der Waals surface area contributed by atoms with E-state index >= 15 is 0 Å². The van der Waals surface area contributed by atoms with Crippen LogP contribution in [0, 0.1) is 0 Å². The van der Waals surface area contributed by atoms with E-state index in [0.29, 0.717) is 27.1 Å². The van der Waals surface area contributed by atoms with Crippen molar-refractivity contribution in [2.24, 2.45) is 0 Å². The quantitative estimate of drug-likeness (QED) is 0.205. The number of hydrogen-bond donors (Lipinski definition) is 0. The highest BCUT2D eigenvalue weighted by Crippen LogP contribution is 2.46. The molecule has 0 aromatic heterocycles. The molecule has 0 radical (unpaired) electrons. The molecule has 0 spiro atoms. The topological polar surface area (TPSA) is 0 Å². The predicted octanol–water partition coefficient (Wildman–Crippen LogP) is 11.3. The van der Waals surface area contributed by atoms with Gasteiger partial charge in [-0.15, -0.1) is 0 Å². The Hall–Kier alpha value is -5.20. The van der Waals surface area contributed by atoms with Crippen LogP contribution in [0.1, 0.15) is 12.3 Å². The van der Waals surface area contributed by atoms with Crippen molar-refractivity contribution in [2.45, 2.75) is 0 Å². The largest absolute Gasteiger partial charge is 0.0629 e. The molecule has 0 heterocycles. The first-order valence-electron chi connectivity index (χ1n) is 17.6. The van der Waals surface area contributed by atoms with Gasteiger partial charge in [0, 0.05) is 0 Å². The molecule has 0 amide bonds. The molecule has 0 heteroatoms. The van der Waals surface area contributed by atoms with E-state index in [1.54, 1.807) is 0 Å². The highest BCUT2D eigenvalue weighted by atomic mass is 14.2. The van der Waals surface area contributed by atoms with Crippen LogP contribution in [-0.2, 0) is 0 Å². The van der Waals surface area contributed by atoms with Gasteiger partial charge in [0.1, 0.15) is 0 Å². The smallest absolute Gasteiger partial charge is 0.0622 e. The zero-order valence-corrected chi connectivity index (χ0v) is 21.3. The maximum atomic E-state index is 9.21. The summed E-state index contributed by atoms with van der Waals surface area (Å²) in [6.07, 6.45) is 0. The lowest BCUT2D eigenvalue weighted by Gasteiger charge is -2.19. The fraction of sp³-hybridized carbons (Fsp3) is 0. The maximum Gasteiger partial charge on any atom is 0.0629 e. The van der Waals surface area contributed by atoms with Crippen molar-refractivity contribution in [1.82, 2.24) is 0 Å². The minimum atomic E-state index is -0.535. The van der Waals surface area contributed by atoms with Crippen molar-refractivity contribution in [3.63, 3.8) is 0 Å². The van der Waals surface area contributed by atoms with Crippen molar-refractivity contribution in [3.05, 3.63) is 158 Å². The SMILES string of the molecule is [2H]c1cc([2H])c2c(-c3cccc4c(-c5ccc6ccccc6c5)cccc34)c3c([2H])cc([2H])cc3c(-c3c([2H])c([2H])c([2H])c([2H])c3[2H])c2c1. The van der Waals surface area contributed by atoms with Crippen molar-refractivity contribution in [1.29, 1.82) is 0 Å². The summed E-state index contributed by atoms with van der Waals surface area (Å²) in [5.41, 5.74) is 3.44. The molecule has 0 unspecified atom stereocenters. The van der Waals surface area contributed by atoms with Crippen LogP contribution in [0.2, 0.25) is 0 Å². The van der Waals surface area contributed by atoms with Crippen LogP contribution < -0.4 is 0 Å². The monoisotopic (exact) mass is 515 g/mol. The van der Waals surface area contributed by atoms with Crippen LogP contribution in [0.3, 0.4) is 0 Å². The minimum absolute atomic E-state index is 0.00468. The van der Waals surface area contributed by atoms with Crippen molar-refractivity contribution < 1.29 is 12.3 Å². The Kier molecular flexibility index (Phi) is 3.55. The Morgan fingerprint density at radius 2 is 1.00 bits per heavy atom. The summed E-state index contributed by atoms with van der Waals surface area (Å²) in [4.78, 5) is 0. The van der Waals surface area contributed by atoms with Gasteiger partial charge in [0.2, 0.25) is 0 Å². The van der Waals surface area contributed by atoms with Crippen molar-refractivity contribution in [2.75, 3.05) is 0 Å². The Bertz CT molecular complexity index is 2620. The third-order valence-electron chi connectivity index (χ3n) is 7.63. The van der Waals surface area contributed by atoms with E-state index in [4.69, 9.17) is 9.60 Å². The van der Waals surface area contributed by atoms with Gasteiger partial charge in [-0.2, -0.15) is 0 Å². The Morgan fingerprint density at radius 3 is 1.73 bits per heavy atom. The zero-order chi connectivity index (χ0) is 34.3. The van der Waals surface area contributed by atoms with Gasteiger partial charge in [0.05, 0.1) is 12.3 Å². The molecule has 0 nitrogen and oxygen atoms in total. The second-order valence-corrected chi connectivity index (χ2v) is 9.79. The molecule has 0 N–H and O–H groups in total. The van der Waals surface area contributed by atoms with Gasteiger partial charge in [-0.25, -0.2) is 0 Å². The summed E-state index contributed by atoms with van der Waals surface area (Å²) in [7, 11) is 0. The summed E-state index contributed by atoms with van der Waals surface area (Å²) in [5, 5.41) is 5.53. The van der Waals surface area contributed by atoms with Crippen LogP contribution in [-0.4, -0.2) is 0 Å². The van der Waals surface area contributed by atoms with Gasteiger partial charge in [0.15, 0.2) is 0 Å². The van der Waals surface area contributed by atoms with E-state index in [1.807, 2.05) is 42.5 Å². The van der Waals surface area contributed by atoms with Gasteiger partial charge >= 0.3 is 0 Å². The fourth-order valence-corrected chi connectivity index (χ4v) is 5.91. The molecule has 0 atom stereocenters. The lowest BCUT2D eigenvalue weighted by Crippen LogP contribution is -1.92. The summed E-state index contributed by atoms with van der Waals surface area (Å²) < 4.78 is 78.3. The third-order valence-corrected chi connectivity index (χ3v) is 7.63. The van der Waals surface area contributed by atoms with Gasteiger partial charge < -0.3 is 0 Å². The van der Waals surface area contributed by atoms with Crippen molar-refractivity contribution >= 4 is 43.1 Å². The van der Waals surface area contributed by atoms with Crippen LogP contribution in [0.5, 0.6) is 0 Å². The van der Waals surface area contributed by atoms with E-state index in [2.05, 4.69) is 36.4 Å². The first-order valence-corrected chi connectivity index (χ1v) is 13.1. The van der Waals surface area contributed by atoms with Gasteiger partial charge in [0.25, 0.3) is 0 Å². The molecular formula is C40H26. The van der Waals surface area contributed by atoms with Crippen LogP contribution >= 0.6 is 0 Å². The van der Waals surface area contributed by atoms with E-state index in [9.17, 15) is 2.74 Å². The summed E-state index contributed by atoms with van der Waals surface area (Å²) in [5.74, 6) is 0. The van der Waals surface area contributed by atoms with E-state index in [0.717, 1.165) is 38.2 Å². The fourth-order valence-electron chi connectivity index (χ4n) is 5.91. The molecule has 0 saturated heterocycles. The lowest BCUT2D eigenvalue weighted by atomic mass is 9.84. The summed E-state index contributed by atoms with van der Waals surface area (Å²) in [6.45, 7) is 0. The molecule has 8 aromatic rings. The number of rotatable bonds is 3. The molecule has 8 rings (SSSR count). The van der Waals surface area contributed by atoms with Crippen LogP contribution in [0.4, 0.5) is 0 Å². The molecule has 186 valence electrons. The molecular weight excluding hydrogens is 480 g/mol. The Morgan fingerprint density at radius 1 is 0.350 bits per heavy atom. The second-order valence-electron chi connectivity index (χ2n) is 9.79. The number of hydrogen-bond acceptors (Lipinski definition) is 0. The van der Waals surface area contributed by atoms with Gasteiger partial charge in [-0.1, -0.05) is 151 Å². The van der Waals surface area contributed by atoms with Gasteiger partial charge in [-0.3, -0.25) is 0 Å². The van der Waals surface area contributed by atoms with Crippen LogP contribution in [0.15, 0.2) is 158 Å². The van der Waals surface area contributed by atoms with E-state index in [-0.39, 0.29) is 35.3 Å². The Balaban J connectivity index is 1.55. The predicted molar refractivity (Wildman–Crippen MR) is 173 cm³/mol. The molecule has 0 bridgehead atoms. The average Bonchev–Trinajstić information content (AvgIpc) is 3.09. The minimum Gasteiger partial charge on any atom is -0.0622 e. The molecule has 0 aliphatic carbocycles. The first kappa shape index (κ1) is 15.4. The standard InChI is InChI=1S/C40H26/c1-2-13-28(14-3-1)39-35-16-6-8-18-37(35)40(38-19-9-7-17-36(38)39)34-23-11-21-32-31(20-10-22-33(32)34)30-25-24-27-12-4-5-15-29(27)26-30/h1-26H/i1D,2D,3D,6D,7D,13D,14D,18D,19D. The summed E-state index contributed by atoms with van der Waals surface area (Å²) >= 11 is 0. The number of fused-ring (bicyclic) bond motifs is 4. The van der Waals surface area contributed by atoms with E-state index < -0.39 is 30.2 Å². The van der Waals surface area contributed by atoms with Gasteiger partial charge in [-0.05, 0) is 82.5 Å². The normalized spacial score (nSPS) is 14.7. The molecule has 0 saturated carbocycles. The highest BCUT2D eigenvalue weighted by molar-refractivity contribution is 6.24. The second kappa shape index (κ2) is 9.22.